The molecular weight excluding hydrogens is 152 g/mol. The molecule has 60 valence electrons. The van der Waals surface area contributed by atoms with E-state index in [1.165, 1.54) is 0 Å². The standard InChI is InChI=1S/C5H12N2O2S/c6-10(8,9)4-5-1-2-7-3-5/h5,7H,1-4H2,(H2,6,8,9)/t5-/m0/s1. The van der Waals surface area contributed by atoms with Crippen LogP contribution in [0.3, 0.4) is 0 Å². The monoisotopic (exact) mass is 164 g/mol. The molecule has 3 N–H and O–H groups in total. The summed E-state index contributed by atoms with van der Waals surface area (Å²) >= 11 is 0. The zero-order valence-corrected chi connectivity index (χ0v) is 6.52. The van der Waals surface area contributed by atoms with E-state index in [0.29, 0.717) is 0 Å². The summed E-state index contributed by atoms with van der Waals surface area (Å²) in [4.78, 5) is 0. The fourth-order valence-corrected chi connectivity index (χ4v) is 2.13. The van der Waals surface area contributed by atoms with Gasteiger partial charge in [0.15, 0.2) is 0 Å². The third-order valence-corrected chi connectivity index (χ3v) is 2.57. The molecule has 1 aliphatic heterocycles. The Hall–Kier alpha value is -0.130. The van der Waals surface area contributed by atoms with E-state index in [0.717, 1.165) is 19.5 Å². The van der Waals surface area contributed by atoms with Gasteiger partial charge in [-0.2, -0.15) is 0 Å². The van der Waals surface area contributed by atoms with Gasteiger partial charge in [-0.1, -0.05) is 0 Å². The van der Waals surface area contributed by atoms with Crippen molar-refractivity contribution < 1.29 is 8.42 Å². The van der Waals surface area contributed by atoms with E-state index in [1.54, 1.807) is 0 Å². The molecule has 1 heterocycles. The van der Waals surface area contributed by atoms with Gasteiger partial charge in [-0.15, -0.1) is 0 Å². The lowest BCUT2D eigenvalue weighted by molar-refractivity contribution is 0.572. The molecule has 1 fully saturated rings. The SMILES string of the molecule is NS(=O)(=O)C[C@H]1CCNC1. The predicted octanol–water partition coefficient (Wildman–Crippen LogP) is -1.12. The first-order valence-corrected chi connectivity index (χ1v) is 5.00. The van der Waals surface area contributed by atoms with Crippen molar-refractivity contribution >= 4 is 10.0 Å². The van der Waals surface area contributed by atoms with Crippen molar-refractivity contribution in [3.05, 3.63) is 0 Å². The minimum absolute atomic E-state index is 0.125. The smallest absolute Gasteiger partial charge is 0.209 e. The average Bonchev–Trinajstić information content (AvgIpc) is 2.12. The van der Waals surface area contributed by atoms with Gasteiger partial charge in [0.25, 0.3) is 0 Å². The lowest BCUT2D eigenvalue weighted by Crippen LogP contribution is -2.24. The summed E-state index contributed by atoms with van der Waals surface area (Å²) in [5.74, 6) is 0.356. The largest absolute Gasteiger partial charge is 0.316 e. The molecule has 10 heavy (non-hydrogen) atoms. The second kappa shape index (κ2) is 2.86. The van der Waals surface area contributed by atoms with Crippen LogP contribution in [-0.4, -0.2) is 27.3 Å². The predicted molar refractivity (Wildman–Crippen MR) is 39.0 cm³/mol. The summed E-state index contributed by atoms with van der Waals surface area (Å²) in [5, 5.41) is 7.93. The quantitative estimate of drug-likeness (QED) is 0.543. The molecule has 1 saturated heterocycles. The van der Waals surface area contributed by atoms with Crippen LogP contribution < -0.4 is 10.5 Å². The van der Waals surface area contributed by atoms with Gasteiger partial charge in [-0.25, -0.2) is 13.6 Å². The molecule has 1 aliphatic rings. The van der Waals surface area contributed by atoms with Gasteiger partial charge in [0.2, 0.25) is 10.0 Å². The number of primary sulfonamides is 1. The van der Waals surface area contributed by atoms with Crippen molar-refractivity contribution in [1.29, 1.82) is 0 Å². The maximum Gasteiger partial charge on any atom is 0.209 e. The molecule has 0 amide bonds. The summed E-state index contributed by atoms with van der Waals surface area (Å²) in [5.41, 5.74) is 0. The Labute approximate surface area is 60.8 Å². The van der Waals surface area contributed by atoms with E-state index in [2.05, 4.69) is 5.32 Å². The first kappa shape index (κ1) is 7.97. The second-order valence-corrected chi connectivity index (χ2v) is 4.35. The Morgan fingerprint density at radius 1 is 1.60 bits per heavy atom. The highest BCUT2D eigenvalue weighted by Gasteiger charge is 2.19. The Morgan fingerprint density at radius 3 is 2.70 bits per heavy atom. The maximum atomic E-state index is 10.5. The van der Waals surface area contributed by atoms with E-state index in [4.69, 9.17) is 5.14 Å². The molecule has 0 aromatic carbocycles. The molecule has 0 unspecified atom stereocenters. The number of rotatable bonds is 2. The van der Waals surface area contributed by atoms with E-state index >= 15 is 0 Å². The topological polar surface area (TPSA) is 72.2 Å². The maximum absolute atomic E-state index is 10.5. The van der Waals surface area contributed by atoms with Gasteiger partial charge in [0, 0.05) is 0 Å². The number of sulfonamides is 1. The molecule has 0 saturated carbocycles. The lowest BCUT2D eigenvalue weighted by Gasteiger charge is -2.03. The molecular formula is C5H12N2O2S. The van der Waals surface area contributed by atoms with E-state index < -0.39 is 10.0 Å². The Kier molecular flexibility index (Phi) is 2.28. The van der Waals surface area contributed by atoms with E-state index in [9.17, 15) is 8.42 Å². The minimum Gasteiger partial charge on any atom is -0.316 e. The van der Waals surface area contributed by atoms with Crippen LogP contribution in [-0.2, 0) is 10.0 Å². The van der Waals surface area contributed by atoms with Crippen LogP contribution in [0.25, 0.3) is 0 Å². The van der Waals surface area contributed by atoms with Gasteiger partial charge < -0.3 is 5.32 Å². The minimum atomic E-state index is -3.25. The van der Waals surface area contributed by atoms with Gasteiger partial charge in [-0.3, -0.25) is 0 Å². The highest BCUT2D eigenvalue weighted by atomic mass is 32.2. The molecule has 0 bridgehead atoms. The molecule has 1 rings (SSSR count). The molecule has 5 heteroatoms. The zero-order valence-electron chi connectivity index (χ0n) is 5.71. The summed E-state index contributed by atoms with van der Waals surface area (Å²) < 4.78 is 21.1. The van der Waals surface area contributed by atoms with E-state index in [-0.39, 0.29) is 11.7 Å². The third-order valence-electron chi connectivity index (χ3n) is 1.63. The second-order valence-electron chi connectivity index (χ2n) is 2.69. The summed E-state index contributed by atoms with van der Waals surface area (Å²) in [7, 11) is -3.25. The van der Waals surface area contributed by atoms with Crippen molar-refractivity contribution in [3.8, 4) is 0 Å². The average molecular weight is 164 g/mol. The molecule has 0 aliphatic carbocycles. The Bertz CT molecular complexity index is 194. The summed E-state index contributed by atoms with van der Waals surface area (Å²) in [6.45, 7) is 1.70. The van der Waals surface area contributed by atoms with Crippen molar-refractivity contribution in [3.63, 3.8) is 0 Å². The number of hydrogen-bond acceptors (Lipinski definition) is 3. The van der Waals surface area contributed by atoms with Crippen LogP contribution in [0.5, 0.6) is 0 Å². The van der Waals surface area contributed by atoms with Crippen molar-refractivity contribution in [2.45, 2.75) is 6.42 Å². The molecule has 0 radical (unpaired) electrons. The van der Waals surface area contributed by atoms with Crippen LogP contribution in [0.4, 0.5) is 0 Å². The van der Waals surface area contributed by atoms with Crippen molar-refractivity contribution in [2.24, 2.45) is 11.1 Å². The normalized spacial score (nSPS) is 27.1. The Balaban J connectivity index is 2.38. The zero-order chi connectivity index (χ0) is 7.61. The van der Waals surface area contributed by atoms with Gasteiger partial charge in [-0.05, 0) is 25.4 Å². The molecule has 0 aromatic heterocycles. The van der Waals surface area contributed by atoms with Crippen LogP contribution in [0.2, 0.25) is 0 Å². The van der Waals surface area contributed by atoms with Crippen molar-refractivity contribution in [1.82, 2.24) is 5.32 Å². The third kappa shape index (κ3) is 2.64. The summed E-state index contributed by atoms with van der Waals surface area (Å²) in [6, 6.07) is 0. The van der Waals surface area contributed by atoms with Crippen molar-refractivity contribution in [2.75, 3.05) is 18.8 Å². The molecule has 0 spiro atoms. The van der Waals surface area contributed by atoms with Crippen LogP contribution in [0.15, 0.2) is 0 Å². The van der Waals surface area contributed by atoms with Crippen LogP contribution in [0.1, 0.15) is 6.42 Å². The highest BCUT2D eigenvalue weighted by molar-refractivity contribution is 7.89. The molecule has 0 aromatic rings. The molecule has 4 nitrogen and oxygen atoms in total. The number of nitrogens with two attached hydrogens (primary N) is 1. The van der Waals surface area contributed by atoms with E-state index in [1.807, 2.05) is 0 Å². The summed E-state index contributed by atoms with van der Waals surface area (Å²) in [6.07, 6.45) is 0.927. The lowest BCUT2D eigenvalue weighted by atomic mass is 10.2. The highest BCUT2D eigenvalue weighted by Crippen LogP contribution is 2.08. The first-order chi connectivity index (χ1) is 4.58. The fraction of sp³-hybridized carbons (Fsp3) is 1.00. The Morgan fingerprint density at radius 2 is 2.30 bits per heavy atom. The van der Waals surface area contributed by atoms with Gasteiger partial charge >= 0.3 is 0 Å². The first-order valence-electron chi connectivity index (χ1n) is 3.29. The number of hydrogen-bond donors (Lipinski definition) is 2. The van der Waals surface area contributed by atoms with Crippen LogP contribution in [0, 0.1) is 5.92 Å². The van der Waals surface area contributed by atoms with Crippen LogP contribution >= 0.6 is 0 Å². The van der Waals surface area contributed by atoms with Gasteiger partial charge in [0.05, 0.1) is 5.75 Å². The fourth-order valence-electron chi connectivity index (χ4n) is 1.19. The molecule has 1 atom stereocenters. The number of nitrogens with one attached hydrogen (secondary N) is 1. The van der Waals surface area contributed by atoms with Gasteiger partial charge in [0.1, 0.15) is 0 Å².